The summed E-state index contributed by atoms with van der Waals surface area (Å²) in [5.74, 6) is -1.28. The second-order valence-corrected chi connectivity index (χ2v) is 4.65. The molecule has 8 heteroatoms. The van der Waals surface area contributed by atoms with Crippen LogP contribution in [0, 0.1) is 5.41 Å². The van der Waals surface area contributed by atoms with E-state index in [2.05, 4.69) is 4.74 Å². The minimum atomic E-state index is -4.50. The van der Waals surface area contributed by atoms with Gasteiger partial charge in [0.25, 0.3) is 0 Å². The molecule has 0 atom stereocenters. The Labute approximate surface area is 108 Å². The van der Waals surface area contributed by atoms with Gasteiger partial charge >= 0.3 is 12.1 Å². The molecule has 1 amide bonds. The zero-order chi connectivity index (χ0) is 14.7. The van der Waals surface area contributed by atoms with Gasteiger partial charge in [0.1, 0.15) is 6.54 Å². The fraction of sp³-hybridized carbons (Fsp3) is 0.818. The molecule has 1 fully saturated rings. The summed E-state index contributed by atoms with van der Waals surface area (Å²) in [6.07, 6.45) is -3.78. The molecule has 110 valence electrons. The average molecular weight is 282 g/mol. The van der Waals surface area contributed by atoms with E-state index >= 15 is 0 Å². The smallest absolute Gasteiger partial charge is 0.406 e. The number of halogens is 3. The Morgan fingerprint density at radius 1 is 1.37 bits per heavy atom. The number of carbonyl (C=O) groups is 2. The molecule has 0 aliphatic heterocycles. The lowest BCUT2D eigenvalue weighted by atomic mass is 10.1. The van der Waals surface area contributed by atoms with Gasteiger partial charge in [-0.3, -0.25) is 9.59 Å². The maximum absolute atomic E-state index is 12.4. The van der Waals surface area contributed by atoms with Gasteiger partial charge in [0.05, 0.1) is 18.9 Å². The number of esters is 1. The third-order valence-electron chi connectivity index (χ3n) is 3.17. The molecule has 5 nitrogen and oxygen atoms in total. The van der Waals surface area contributed by atoms with E-state index in [4.69, 9.17) is 5.73 Å². The van der Waals surface area contributed by atoms with Crippen LogP contribution in [0.3, 0.4) is 0 Å². The highest BCUT2D eigenvalue weighted by Gasteiger charge is 2.51. The normalized spacial score (nSPS) is 16.9. The van der Waals surface area contributed by atoms with Gasteiger partial charge in [0.2, 0.25) is 5.91 Å². The second kappa shape index (κ2) is 5.77. The summed E-state index contributed by atoms with van der Waals surface area (Å²) in [6, 6.07) is 0. The highest BCUT2D eigenvalue weighted by Crippen LogP contribution is 2.46. The Balaban J connectivity index is 2.69. The second-order valence-electron chi connectivity index (χ2n) is 4.65. The fourth-order valence-corrected chi connectivity index (χ4v) is 1.79. The third-order valence-corrected chi connectivity index (χ3v) is 3.17. The van der Waals surface area contributed by atoms with Crippen LogP contribution in [0.4, 0.5) is 13.2 Å². The van der Waals surface area contributed by atoms with Crippen molar-refractivity contribution in [2.24, 2.45) is 11.1 Å². The Bertz CT molecular complexity index is 354. The van der Waals surface area contributed by atoms with Crippen LogP contribution in [0.2, 0.25) is 0 Å². The quantitative estimate of drug-likeness (QED) is 0.727. The Morgan fingerprint density at radius 2 is 1.95 bits per heavy atom. The van der Waals surface area contributed by atoms with Gasteiger partial charge in [-0.1, -0.05) is 0 Å². The molecule has 0 aromatic rings. The van der Waals surface area contributed by atoms with Gasteiger partial charge in [0, 0.05) is 13.1 Å². The van der Waals surface area contributed by atoms with E-state index in [0.29, 0.717) is 17.7 Å². The van der Waals surface area contributed by atoms with Crippen LogP contribution in [0.1, 0.15) is 19.3 Å². The number of rotatable bonds is 6. The summed E-state index contributed by atoms with van der Waals surface area (Å²) in [4.78, 5) is 23.7. The van der Waals surface area contributed by atoms with Gasteiger partial charge in [-0.25, -0.2) is 0 Å². The highest BCUT2D eigenvalue weighted by atomic mass is 19.4. The van der Waals surface area contributed by atoms with Crippen LogP contribution in [-0.2, 0) is 14.3 Å². The van der Waals surface area contributed by atoms with Crippen molar-refractivity contribution in [3.05, 3.63) is 0 Å². The number of ether oxygens (including phenoxy) is 1. The van der Waals surface area contributed by atoms with Gasteiger partial charge in [0.15, 0.2) is 0 Å². The number of alkyl halides is 3. The highest BCUT2D eigenvalue weighted by molar-refractivity contribution is 5.86. The van der Waals surface area contributed by atoms with Gasteiger partial charge in [-0.2, -0.15) is 13.2 Å². The first-order valence-corrected chi connectivity index (χ1v) is 5.87. The molecular weight excluding hydrogens is 265 g/mol. The minimum absolute atomic E-state index is 0.0262. The molecule has 0 bridgehead atoms. The predicted molar refractivity (Wildman–Crippen MR) is 60.0 cm³/mol. The molecule has 1 rings (SSSR count). The molecular formula is C11H17F3N2O3. The van der Waals surface area contributed by atoms with E-state index in [-0.39, 0.29) is 19.5 Å². The van der Waals surface area contributed by atoms with Crippen molar-refractivity contribution in [1.82, 2.24) is 4.90 Å². The first-order chi connectivity index (χ1) is 8.74. The van der Waals surface area contributed by atoms with Crippen molar-refractivity contribution in [2.75, 3.05) is 26.7 Å². The zero-order valence-corrected chi connectivity index (χ0v) is 10.6. The van der Waals surface area contributed by atoms with Gasteiger partial charge < -0.3 is 15.4 Å². The lowest BCUT2D eigenvalue weighted by molar-refractivity contribution is -0.165. The van der Waals surface area contributed by atoms with Gasteiger partial charge in [-0.15, -0.1) is 0 Å². The summed E-state index contributed by atoms with van der Waals surface area (Å²) in [5, 5.41) is 0. The van der Waals surface area contributed by atoms with E-state index in [0.717, 1.165) is 7.11 Å². The molecule has 0 unspecified atom stereocenters. The minimum Gasteiger partial charge on any atom is -0.469 e. The van der Waals surface area contributed by atoms with Crippen LogP contribution in [0.15, 0.2) is 0 Å². The average Bonchev–Trinajstić information content (AvgIpc) is 3.12. The lowest BCUT2D eigenvalue weighted by Crippen LogP contribution is -2.45. The third kappa shape index (κ3) is 4.38. The van der Waals surface area contributed by atoms with Crippen molar-refractivity contribution in [3.8, 4) is 0 Å². The standard InChI is InChI=1S/C11H17F3N2O3/c1-19-8(17)2-5-16(7-11(12,13)14)9(18)10(6-15)3-4-10/h2-7,15H2,1H3. The van der Waals surface area contributed by atoms with Crippen LogP contribution >= 0.6 is 0 Å². The van der Waals surface area contributed by atoms with Crippen molar-refractivity contribution >= 4 is 11.9 Å². The molecule has 0 aromatic heterocycles. The predicted octanol–water partition coefficient (Wildman–Crippen LogP) is 0.679. The van der Waals surface area contributed by atoms with E-state index in [1.165, 1.54) is 0 Å². The SMILES string of the molecule is COC(=O)CCN(CC(F)(F)F)C(=O)C1(CN)CC1. The number of amides is 1. The molecule has 0 aromatic carbocycles. The summed E-state index contributed by atoms with van der Waals surface area (Å²) in [5.41, 5.74) is 4.57. The zero-order valence-electron chi connectivity index (χ0n) is 10.6. The van der Waals surface area contributed by atoms with E-state index in [9.17, 15) is 22.8 Å². The fourth-order valence-electron chi connectivity index (χ4n) is 1.79. The van der Waals surface area contributed by atoms with E-state index in [1.807, 2.05) is 0 Å². The number of nitrogens with zero attached hydrogens (tertiary/aromatic N) is 1. The first-order valence-electron chi connectivity index (χ1n) is 5.87. The number of nitrogens with two attached hydrogens (primary N) is 1. The Hall–Kier alpha value is -1.31. The maximum Gasteiger partial charge on any atom is 0.406 e. The Morgan fingerprint density at radius 3 is 2.32 bits per heavy atom. The molecule has 2 N–H and O–H groups in total. The Kier molecular flexibility index (Phi) is 4.78. The first kappa shape index (κ1) is 15.7. The molecule has 0 spiro atoms. The molecule has 1 saturated carbocycles. The summed E-state index contributed by atoms with van der Waals surface area (Å²) in [6.45, 7) is -1.66. The van der Waals surface area contributed by atoms with Crippen molar-refractivity contribution in [1.29, 1.82) is 0 Å². The molecule has 0 saturated heterocycles. The van der Waals surface area contributed by atoms with Gasteiger partial charge in [-0.05, 0) is 12.8 Å². The van der Waals surface area contributed by atoms with Crippen molar-refractivity contribution in [3.63, 3.8) is 0 Å². The van der Waals surface area contributed by atoms with Crippen molar-refractivity contribution in [2.45, 2.75) is 25.4 Å². The van der Waals surface area contributed by atoms with Crippen LogP contribution in [0.5, 0.6) is 0 Å². The number of hydrogen-bond acceptors (Lipinski definition) is 4. The van der Waals surface area contributed by atoms with Crippen LogP contribution < -0.4 is 5.73 Å². The molecule has 1 aliphatic carbocycles. The summed E-state index contributed by atoms with van der Waals surface area (Å²) >= 11 is 0. The maximum atomic E-state index is 12.4. The molecule has 0 heterocycles. The lowest BCUT2D eigenvalue weighted by Gasteiger charge is -2.27. The number of carbonyl (C=O) groups excluding carboxylic acids is 2. The summed E-state index contributed by atoms with van der Waals surface area (Å²) in [7, 11) is 1.14. The van der Waals surface area contributed by atoms with Crippen LogP contribution in [0.25, 0.3) is 0 Å². The largest absolute Gasteiger partial charge is 0.469 e. The monoisotopic (exact) mass is 282 g/mol. The summed E-state index contributed by atoms with van der Waals surface area (Å²) < 4.78 is 41.7. The van der Waals surface area contributed by atoms with Crippen molar-refractivity contribution < 1.29 is 27.5 Å². The number of hydrogen-bond donors (Lipinski definition) is 1. The van der Waals surface area contributed by atoms with E-state index in [1.54, 1.807) is 0 Å². The van der Waals surface area contributed by atoms with Crippen LogP contribution in [-0.4, -0.2) is 49.7 Å². The molecule has 19 heavy (non-hydrogen) atoms. The molecule has 0 radical (unpaired) electrons. The van der Waals surface area contributed by atoms with E-state index < -0.39 is 30.0 Å². The molecule has 1 aliphatic rings. The number of methoxy groups -OCH3 is 1. The topological polar surface area (TPSA) is 72.6 Å².